The van der Waals surface area contributed by atoms with Crippen LogP contribution in [0.1, 0.15) is 52.7 Å². The number of aryl methyl sites for hydroxylation is 3. The van der Waals surface area contributed by atoms with Crippen molar-refractivity contribution < 1.29 is 14.1 Å². The van der Waals surface area contributed by atoms with Gasteiger partial charge in [-0.15, -0.1) is 0 Å². The number of rotatable bonds is 4. The highest BCUT2D eigenvalue weighted by atomic mass is 16.5. The van der Waals surface area contributed by atoms with Crippen LogP contribution in [0.25, 0.3) is 0 Å². The Labute approximate surface area is 148 Å². The first-order chi connectivity index (χ1) is 12.0. The third-order valence-electron chi connectivity index (χ3n) is 5.12. The van der Waals surface area contributed by atoms with Gasteiger partial charge in [0.05, 0.1) is 5.56 Å². The summed E-state index contributed by atoms with van der Waals surface area (Å²) in [6.07, 6.45) is 2.08. The monoisotopic (exact) mass is 342 g/mol. The maximum absolute atomic E-state index is 12.8. The second-order valence-electron chi connectivity index (χ2n) is 7.08. The summed E-state index contributed by atoms with van der Waals surface area (Å²) in [4.78, 5) is 14.7. The summed E-state index contributed by atoms with van der Waals surface area (Å²) >= 11 is 0. The van der Waals surface area contributed by atoms with E-state index in [0.29, 0.717) is 17.4 Å². The Bertz CT molecular complexity index is 758. The molecule has 2 aromatic rings. The summed E-state index contributed by atoms with van der Waals surface area (Å²) < 4.78 is 11.2. The third-order valence-corrected chi connectivity index (χ3v) is 5.12. The molecule has 0 radical (unpaired) electrons. The minimum Gasteiger partial charge on any atom is -0.489 e. The lowest BCUT2D eigenvalue weighted by molar-refractivity contribution is 0.0684. The summed E-state index contributed by atoms with van der Waals surface area (Å²) in [5, 5.41) is 4.01. The lowest BCUT2D eigenvalue weighted by atomic mass is 9.99. The van der Waals surface area contributed by atoms with E-state index in [1.54, 1.807) is 0 Å². The van der Waals surface area contributed by atoms with Crippen LogP contribution in [0.4, 0.5) is 0 Å². The van der Waals surface area contributed by atoms with Gasteiger partial charge in [-0.1, -0.05) is 18.1 Å². The van der Waals surface area contributed by atoms with Crippen LogP contribution < -0.4 is 4.74 Å². The molecule has 1 aromatic carbocycles. The van der Waals surface area contributed by atoms with Crippen molar-refractivity contribution in [1.29, 1.82) is 0 Å². The largest absolute Gasteiger partial charge is 0.489 e. The molecule has 0 unspecified atom stereocenters. The molecule has 134 valence electrons. The van der Waals surface area contributed by atoms with Crippen molar-refractivity contribution in [2.75, 3.05) is 13.1 Å². The molecule has 25 heavy (non-hydrogen) atoms. The Hall–Kier alpha value is -2.30. The molecule has 1 aromatic heterocycles. The van der Waals surface area contributed by atoms with Crippen LogP contribution >= 0.6 is 0 Å². The van der Waals surface area contributed by atoms with Crippen LogP contribution in [0, 0.1) is 26.7 Å². The van der Waals surface area contributed by atoms with E-state index in [0.717, 1.165) is 37.2 Å². The number of ether oxygens (including phenoxy) is 1. The van der Waals surface area contributed by atoms with Gasteiger partial charge in [0.1, 0.15) is 18.1 Å². The fourth-order valence-electron chi connectivity index (χ4n) is 3.05. The number of carbonyl (C=O) groups is 1. The van der Waals surface area contributed by atoms with Gasteiger partial charge in [0.15, 0.2) is 5.69 Å². The Balaban J connectivity index is 1.72. The van der Waals surface area contributed by atoms with Gasteiger partial charge in [-0.05, 0) is 62.8 Å². The zero-order valence-electron chi connectivity index (χ0n) is 15.5. The summed E-state index contributed by atoms with van der Waals surface area (Å²) in [6, 6.07) is 5.98. The second kappa shape index (κ2) is 7.30. The van der Waals surface area contributed by atoms with E-state index in [1.165, 1.54) is 11.1 Å². The molecule has 5 heteroatoms. The van der Waals surface area contributed by atoms with Crippen molar-refractivity contribution in [3.8, 4) is 5.75 Å². The molecule has 1 aliphatic heterocycles. The number of aromatic nitrogens is 1. The molecule has 0 N–H and O–H groups in total. The Kier molecular flexibility index (Phi) is 5.11. The highest BCUT2D eigenvalue weighted by Crippen LogP contribution is 2.23. The molecule has 1 fully saturated rings. The maximum Gasteiger partial charge on any atom is 0.276 e. The Morgan fingerprint density at radius 2 is 1.96 bits per heavy atom. The standard InChI is InChI=1S/C20H26N2O3/c1-13-7-9-22(10-8-13)20(23)19-18(16(4)25-21-19)12-24-17-6-5-14(2)15(3)11-17/h5-6,11,13H,7-10,12H2,1-4H3. The van der Waals surface area contributed by atoms with Gasteiger partial charge in [0.2, 0.25) is 0 Å². The van der Waals surface area contributed by atoms with E-state index >= 15 is 0 Å². The molecule has 1 aliphatic rings. The van der Waals surface area contributed by atoms with Crippen LogP contribution in [-0.4, -0.2) is 29.1 Å². The normalized spacial score (nSPS) is 15.4. The average molecular weight is 342 g/mol. The lowest BCUT2D eigenvalue weighted by Crippen LogP contribution is -2.38. The zero-order valence-corrected chi connectivity index (χ0v) is 15.5. The number of hydrogen-bond donors (Lipinski definition) is 0. The van der Waals surface area contributed by atoms with Crippen molar-refractivity contribution in [3.63, 3.8) is 0 Å². The molecule has 0 saturated carbocycles. The first-order valence-corrected chi connectivity index (χ1v) is 8.90. The van der Waals surface area contributed by atoms with Gasteiger partial charge in [-0.25, -0.2) is 0 Å². The van der Waals surface area contributed by atoms with Crippen molar-refractivity contribution in [2.24, 2.45) is 5.92 Å². The summed E-state index contributed by atoms with van der Waals surface area (Å²) in [7, 11) is 0. The third kappa shape index (κ3) is 3.86. The van der Waals surface area contributed by atoms with Gasteiger partial charge in [-0.3, -0.25) is 4.79 Å². The molecule has 2 heterocycles. The first-order valence-electron chi connectivity index (χ1n) is 8.90. The topological polar surface area (TPSA) is 55.6 Å². The van der Waals surface area contributed by atoms with E-state index in [9.17, 15) is 4.79 Å². The number of piperidine rings is 1. The molecule has 1 saturated heterocycles. The van der Waals surface area contributed by atoms with E-state index in [-0.39, 0.29) is 12.5 Å². The highest BCUT2D eigenvalue weighted by Gasteiger charge is 2.27. The SMILES string of the molecule is Cc1ccc(OCc2c(C(=O)N3CCC(C)CC3)noc2C)cc1C. The van der Waals surface area contributed by atoms with Crippen LogP contribution in [0.3, 0.4) is 0 Å². The first kappa shape index (κ1) is 17.5. The van der Waals surface area contributed by atoms with E-state index in [2.05, 4.69) is 25.9 Å². The van der Waals surface area contributed by atoms with E-state index in [1.807, 2.05) is 30.0 Å². The molecule has 5 nitrogen and oxygen atoms in total. The maximum atomic E-state index is 12.8. The molecule has 0 atom stereocenters. The van der Waals surface area contributed by atoms with Gasteiger partial charge in [0.25, 0.3) is 5.91 Å². The number of carbonyl (C=O) groups excluding carboxylic acids is 1. The van der Waals surface area contributed by atoms with E-state index < -0.39 is 0 Å². The summed E-state index contributed by atoms with van der Waals surface area (Å²) in [6.45, 7) is 10.0. The summed E-state index contributed by atoms with van der Waals surface area (Å²) in [5.41, 5.74) is 3.53. The number of nitrogens with zero attached hydrogens (tertiary/aromatic N) is 2. The number of benzene rings is 1. The Morgan fingerprint density at radius 1 is 1.24 bits per heavy atom. The molecular formula is C20H26N2O3. The zero-order chi connectivity index (χ0) is 18.0. The minimum atomic E-state index is -0.0533. The second-order valence-corrected chi connectivity index (χ2v) is 7.08. The average Bonchev–Trinajstić information content (AvgIpc) is 2.97. The van der Waals surface area contributed by atoms with Crippen LogP contribution in [-0.2, 0) is 6.61 Å². The van der Waals surface area contributed by atoms with Crippen molar-refractivity contribution >= 4 is 5.91 Å². The molecule has 3 rings (SSSR count). The quantitative estimate of drug-likeness (QED) is 0.841. The fourth-order valence-corrected chi connectivity index (χ4v) is 3.05. The van der Waals surface area contributed by atoms with Gasteiger partial charge < -0.3 is 14.2 Å². The van der Waals surface area contributed by atoms with Crippen molar-refractivity contribution in [3.05, 3.63) is 46.3 Å². The smallest absolute Gasteiger partial charge is 0.276 e. The fraction of sp³-hybridized carbons (Fsp3) is 0.500. The predicted molar refractivity (Wildman–Crippen MR) is 95.8 cm³/mol. The number of likely N-dealkylation sites (tertiary alicyclic amines) is 1. The highest BCUT2D eigenvalue weighted by molar-refractivity contribution is 5.93. The molecule has 0 bridgehead atoms. The molecule has 0 aliphatic carbocycles. The predicted octanol–water partition coefficient (Wildman–Crippen LogP) is 4.05. The molecule has 0 spiro atoms. The van der Waals surface area contributed by atoms with Crippen molar-refractivity contribution in [1.82, 2.24) is 10.1 Å². The van der Waals surface area contributed by atoms with Gasteiger partial charge in [0, 0.05) is 13.1 Å². The van der Waals surface area contributed by atoms with Crippen LogP contribution in [0.15, 0.2) is 22.7 Å². The van der Waals surface area contributed by atoms with Crippen molar-refractivity contribution in [2.45, 2.75) is 47.1 Å². The minimum absolute atomic E-state index is 0.0533. The molecule has 1 amide bonds. The van der Waals surface area contributed by atoms with Gasteiger partial charge in [-0.2, -0.15) is 0 Å². The Morgan fingerprint density at radius 3 is 2.64 bits per heavy atom. The molecular weight excluding hydrogens is 316 g/mol. The summed E-state index contributed by atoms with van der Waals surface area (Å²) in [5.74, 6) is 2.05. The lowest BCUT2D eigenvalue weighted by Gasteiger charge is -2.29. The number of hydrogen-bond acceptors (Lipinski definition) is 4. The van der Waals surface area contributed by atoms with Crippen LogP contribution in [0.5, 0.6) is 5.75 Å². The van der Waals surface area contributed by atoms with Gasteiger partial charge >= 0.3 is 0 Å². The van der Waals surface area contributed by atoms with E-state index in [4.69, 9.17) is 9.26 Å². The van der Waals surface area contributed by atoms with Crippen LogP contribution in [0.2, 0.25) is 0 Å². The number of amides is 1.